The van der Waals surface area contributed by atoms with Gasteiger partial charge in [-0.2, -0.15) is 26.3 Å². The molecule has 0 bridgehead atoms. The van der Waals surface area contributed by atoms with Crippen molar-refractivity contribution in [2.24, 2.45) is 10.8 Å². The van der Waals surface area contributed by atoms with Crippen molar-refractivity contribution in [1.29, 1.82) is 0 Å². The number of pyridine rings is 2. The summed E-state index contributed by atoms with van der Waals surface area (Å²) in [6, 6.07) is 0.994. The minimum Gasteiger partial charge on any atom is -0.264 e. The van der Waals surface area contributed by atoms with Crippen LogP contribution in [-0.4, -0.2) is 9.97 Å². The molecule has 0 saturated heterocycles. The Balaban J connectivity index is 2.38. The summed E-state index contributed by atoms with van der Waals surface area (Å²) in [7, 11) is 0. The van der Waals surface area contributed by atoms with Gasteiger partial charge in [0.15, 0.2) is 0 Å². The van der Waals surface area contributed by atoms with Crippen LogP contribution >= 0.6 is 0 Å². The molecule has 0 N–H and O–H groups in total. The normalized spacial score (nSPS) is 13.6. The molecule has 2 aromatic rings. The van der Waals surface area contributed by atoms with Crippen LogP contribution in [0.2, 0.25) is 0 Å². The largest absolute Gasteiger partial charge is 0.417 e. The average molecular weight is 432 g/mol. The van der Waals surface area contributed by atoms with E-state index in [9.17, 15) is 26.3 Å². The van der Waals surface area contributed by atoms with Gasteiger partial charge in [0.25, 0.3) is 0 Å². The quantitative estimate of drug-likeness (QED) is 0.480. The second-order valence-electron chi connectivity index (χ2n) is 9.67. The summed E-state index contributed by atoms with van der Waals surface area (Å²) in [5.41, 5.74) is -2.17. The van der Waals surface area contributed by atoms with E-state index < -0.39 is 28.9 Å². The highest BCUT2D eigenvalue weighted by Crippen LogP contribution is 2.40. The zero-order valence-electron chi connectivity index (χ0n) is 17.7. The Bertz CT molecular complexity index is 876. The molecule has 166 valence electrons. The maximum absolute atomic E-state index is 13.9. The smallest absolute Gasteiger partial charge is 0.264 e. The molecular weight excluding hydrogens is 406 g/mol. The fourth-order valence-electron chi connectivity index (χ4n) is 3.63. The molecule has 0 spiro atoms. The molecule has 0 amide bonds. The van der Waals surface area contributed by atoms with E-state index in [1.165, 1.54) is 18.6 Å². The SMILES string of the molecule is CC(C)(C)Cc1cncc(CC(C)(C)Cc2cncc(C(F)(F)F)c2)c1C(F)(F)F. The molecule has 0 aliphatic heterocycles. The number of hydrogen-bond acceptors (Lipinski definition) is 2. The lowest BCUT2D eigenvalue weighted by atomic mass is 9.78. The van der Waals surface area contributed by atoms with Crippen LogP contribution in [0.3, 0.4) is 0 Å². The minimum atomic E-state index is -4.55. The van der Waals surface area contributed by atoms with Gasteiger partial charge in [-0.15, -0.1) is 0 Å². The van der Waals surface area contributed by atoms with Crippen molar-refractivity contribution in [2.75, 3.05) is 0 Å². The van der Waals surface area contributed by atoms with Gasteiger partial charge in [-0.3, -0.25) is 9.97 Å². The maximum Gasteiger partial charge on any atom is 0.417 e. The first kappa shape index (κ1) is 24.2. The van der Waals surface area contributed by atoms with E-state index in [4.69, 9.17) is 0 Å². The summed E-state index contributed by atoms with van der Waals surface area (Å²) in [5, 5.41) is 0. The van der Waals surface area contributed by atoms with Gasteiger partial charge < -0.3 is 0 Å². The van der Waals surface area contributed by atoms with E-state index in [2.05, 4.69) is 9.97 Å². The van der Waals surface area contributed by atoms with Crippen molar-refractivity contribution in [1.82, 2.24) is 9.97 Å². The molecule has 2 heterocycles. The van der Waals surface area contributed by atoms with Gasteiger partial charge in [0.1, 0.15) is 0 Å². The summed E-state index contributed by atoms with van der Waals surface area (Å²) in [4.78, 5) is 7.66. The molecule has 0 radical (unpaired) electrons. The van der Waals surface area contributed by atoms with Gasteiger partial charge in [-0.25, -0.2) is 0 Å². The predicted octanol–water partition coefficient (Wildman–Crippen LogP) is 6.91. The van der Waals surface area contributed by atoms with Crippen molar-refractivity contribution in [3.63, 3.8) is 0 Å². The lowest BCUT2D eigenvalue weighted by molar-refractivity contribution is -0.139. The van der Waals surface area contributed by atoms with Gasteiger partial charge in [0, 0.05) is 24.8 Å². The Kier molecular flexibility index (Phi) is 6.60. The van der Waals surface area contributed by atoms with Crippen LogP contribution < -0.4 is 0 Å². The Labute approximate surface area is 172 Å². The zero-order chi connectivity index (χ0) is 23.0. The van der Waals surface area contributed by atoms with Crippen LogP contribution in [0.25, 0.3) is 0 Å². The third-order valence-corrected chi connectivity index (χ3v) is 4.58. The van der Waals surface area contributed by atoms with Gasteiger partial charge >= 0.3 is 12.4 Å². The van der Waals surface area contributed by atoms with Crippen molar-refractivity contribution in [3.8, 4) is 0 Å². The summed E-state index contributed by atoms with van der Waals surface area (Å²) in [5.74, 6) is 0. The van der Waals surface area contributed by atoms with E-state index in [0.717, 1.165) is 12.3 Å². The Morgan fingerprint density at radius 3 is 1.70 bits per heavy atom. The van der Waals surface area contributed by atoms with Gasteiger partial charge in [-0.05, 0) is 52.8 Å². The fourth-order valence-corrected chi connectivity index (χ4v) is 3.63. The van der Waals surface area contributed by atoms with Crippen molar-refractivity contribution in [3.05, 3.63) is 58.7 Å². The molecule has 0 atom stereocenters. The van der Waals surface area contributed by atoms with E-state index in [1.54, 1.807) is 13.8 Å². The molecule has 0 aliphatic rings. The number of alkyl halides is 6. The predicted molar refractivity (Wildman–Crippen MR) is 103 cm³/mol. The summed E-state index contributed by atoms with van der Waals surface area (Å²) in [6.45, 7) is 9.01. The first-order chi connectivity index (χ1) is 13.5. The van der Waals surface area contributed by atoms with Crippen LogP contribution in [0.4, 0.5) is 26.3 Å². The lowest BCUT2D eigenvalue weighted by Gasteiger charge is -2.28. The van der Waals surface area contributed by atoms with E-state index in [0.29, 0.717) is 5.56 Å². The fraction of sp³-hybridized carbons (Fsp3) is 0.545. The molecule has 0 fully saturated rings. The number of hydrogen-bond donors (Lipinski definition) is 0. The first-order valence-corrected chi connectivity index (χ1v) is 9.52. The monoisotopic (exact) mass is 432 g/mol. The van der Waals surface area contributed by atoms with Gasteiger partial charge in [0.2, 0.25) is 0 Å². The first-order valence-electron chi connectivity index (χ1n) is 9.52. The molecular formula is C22H26F6N2. The third-order valence-electron chi connectivity index (χ3n) is 4.58. The highest BCUT2D eigenvalue weighted by molar-refractivity contribution is 5.36. The lowest BCUT2D eigenvalue weighted by Crippen LogP contribution is -2.24. The second kappa shape index (κ2) is 8.19. The zero-order valence-corrected chi connectivity index (χ0v) is 17.7. The molecule has 8 heteroatoms. The summed E-state index contributed by atoms with van der Waals surface area (Å²) in [6.07, 6.45) is -4.19. The van der Waals surface area contributed by atoms with Crippen LogP contribution in [0.15, 0.2) is 30.9 Å². The Hall–Kier alpha value is -2.12. The second-order valence-corrected chi connectivity index (χ2v) is 9.67. The summed E-state index contributed by atoms with van der Waals surface area (Å²) < 4.78 is 80.5. The molecule has 2 aromatic heterocycles. The van der Waals surface area contributed by atoms with Crippen molar-refractivity contribution >= 4 is 0 Å². The molecule has 0 aromatic carbocycles. The van der Waals surface area contributed by atoms with Crippen molar-refractivity contribution < 1.29 is 26.3 Å². The number of aromatic nitrogens is 2. The third kappa shape index (κ3) is 6.71. The molecule has 30 heavy (non-hydrogen) atoms. The molecule has 2 nitrogen and oxygen atoms in total. The number of halogens is 6. The number of nitrogens with zero attached hydrogens (tertiary/aromatic N) is 2. The standard InChI is InChI=1S/C22H26F6N2/c1-19(2,3)8-15-11-30-12-16(18(15)22(26,27)28)9-20(4,5)7-14-6-17(13-29-10-14)21(23,24)25/h6,10-13H,7-9H2,1-5H3. The topological polar surface area (TPSA) is 25.8 Å². The Morgan fingerprint density at radius 2 is 1.20 bits per heavy atom. The van der Waals surface area contributed by atoms with E-state index in [1.807, 2.05) is 20.8 Å². The van der Waals surface area contributed by atoms with Crippen LogP contribution in [-0.2, 0) is 31.6 Å². The van der Waals surface area contributed by atoms with Crippen molar-refractivity contribution in [2.45, 2.75) is 66.2 Å². The average Bonchev–Trinajstić information content (AvgIpc) is 2.50. The molecule has 0 saturated carbocycles. The maximum atomic E-state index is 13.9. The highest BCUT2D eigenvalue weighted by Gasteiger charge is 2.38. The van der Waals surface area contributed by atoms with E-state index in [-0.39, 0.29) is 35.8 Å². The van der Waals surface area contributed by atoms with Crippen LogP contribution in [0.5, 0.6) is 0 Å². The number of rotatable bonds is 5. The molecule has 0 aliphatic carbocycles. The Morgan fingerprint density at radius 1 is 0.667 bits per heavy atom. The summed E-state index contributed by atoms with van der Waals surface area (Å²) >= 11 is 0. The molecule has 0 unspecified atom stereocenters. The van der Waals surface area contributed by atoms with E-state index >= 15 is 0 Å². The van der Waals surface area contributed by atoms with Gasteiger partial charge in [0.05, 0.1) is 11.1 Å². The van der Waals surface area contributed by atoms with Gasteiger partial charge in [-0.1, -0.05) is 34.6 Å². The molecule has 2 rings (SSSR count). The minimum absolute atomic E-state index is 0.0169. The van der Waals surface area contributed by atoms with Crippen LogP contribution in [0.1, 0.15) is 62.4 Å². The highest BCUT2D eigenvalue weighted by atomic mass is 19.4. The van der Waals surface area contributed by atoms with Crippen LogP contribution in [0, 0.1) is 10.8 Å².